The lowest BCUT2D eigenvalue weighted by Gasteiger charge is -2.36. The molecule has 0 spiro atoms. The predicted molar refractivity (Wildman–Crippen MR) is 128 cm³/mol. The van der Waals surface area contributed by atoms with Crippen molar-refractivity contribution in [3.05, 3.63) is 34.9 Å². The summed E-state index contributed by atoms with van der Waals surface area (Å²) in [5, 5.41) is 0. The summed E-state index contributed by atoms with van der Waals surface area (Å²) in [7, 11) is 1.75. The zero-order chi connectivity index (χ0) is 22.8. The van der Waals surface area contributed by atoms with Crippen LogP contribution in [0.4, 0.5) is 0 Å². The van der Waals surface area contributed by atoms with E-state index in [4.69, 9.17) is 4.74 Å². The third kappa shape index (κ3) is 4.97. The second-order valence-electron chi connectivity index (χ2n) is 10.5. The molecule has 180 valence electrons. The van der Waals surface area contributed by atoms with E-state index in [1.807, 2.05) is 15.9 Å². The summed E-state index contributed by atoms with van der Waals surface area (Å²) >= 11 is 0. The van der Waals surface area contributed by atoms with Crippen LogP contribution in [0.15, 0.2) is 18.2 Å². The Morgan fingerprint density at radius 3 is 2.52 bits per heavy atom. The summed E-state index contributed by atoms with van der Waals surface area (Å²) in [6, 6.07) is 6.91. The lowest BCUT2D eigenvalue weighted by molar-refractivity contribution is -0.139. The fraction of sp³-hybridized carbons (Fsp3) is 0.704. The molecule has 2 saturated carbocycles. The number of nitrogens with zero attached hydrogens (tertiary/aromatic N) is 3. The molecule has 5 rings (SSSR count). The molecule has 4 aliphatic rings. The lowest BCUT2D eigenvalue weighted by Crippen LogP contribution is -2.43. The van der Waals surface area contributed by atoms with Crippen molar-refractivity contribution in [1.29, 1.82) is 0 Å². The number of carbonyl (C=O) groups excluding carboxylic acids is 2. The van der Waals surface area contributed by atoms with Gasteiger partial charge in [-0.3, -0.25) is 14.5 Å². The zero-order valence-corrected chi connectivity index (χ0v) is 20.1. The number of amides is 2. The van der Waals surface area contributed by atoms with E-state index in [0.717, 1.165) is 82.9 Å². The van der Waals surface area contributed by atoms with Gasteiger partial charge in [0.25, 0.3) is 5.91 Å². The molecule has 2 aliphatic carbocycles. The molecule has 0 N–H and O–H groups in total. The Morgan fingerprint density at radius 1 is 0.879 bits per heavy atom. The average molecular weight is 454 g/mol. The molecular formula is C27H39N3O3. The Bertz CT molecular complexity index is 868. The third-order valence-corrected chi connectivity index (χ3v) is 8.49. The van der Waals surface area contributed by atoms with Gasteiger partial charge in [-0.05, 0) is 68.2 Å². The molecule has 2 amide bonds. The van der Waals surface area contributed by atoms with Gasteiger partial charge in [-0.1, -0.05) is 18.9 Å². The van der Waals surface area contributed by atoms with Gasteiger partial charge in [0.05, 0.1) is 6.10 Å². The summed E-state index contributed by atoms with van der Waals surface area (Å²) in [4.78, 5) is 33.1. The van der Waals surface area contributed by atoms with E-state index in [1.165, 1.54) is 30.4 Å². The Labute approximate surface area is 198 Å². The van der Waals surface area contributed by atoms with Gasteiger partial charge in [0, 0.05) is 63.9 Å². The number of rotatable bonds is 4. The number of hydrogen-bond donors (Lipinski definition) is 0. The molecule has 33 heavy (non-hydrogen) atoms. The first-order valence-electron chi connectivity index (χ1n) is 13.1. The van der Waals surface area contributed by atoms with Crippen LogP contribution in [0.5, 0.6) is 0 Å². The van der Waals surface area contributed by atoms with Crippen molar-refractivity contribution in [3.63, 3.8) is 0 Å². The second-order valence-corrected chi connectivity index (χ2v) is 10.5. The molecule has 6 nitrogen and oxygen atoms in total. The van der Waals surface area contributed by atoms with Gasteiger partial charge in [-0.25, -0.2) is 0 Å². The molecule has 0 radical (unpaired) electrons. The van der Waals surface area contributed by atoms with Crippen LogP contribution in [0, 0.1) is 5.92 Å². The minimum Gasteiger partial charge on any atom is -0.381 e. The summed E-state index contributed by atoms with van der Waals surface area (Å²) in [6.45, 7) is 5.22. The minimum atomic E-state index is 0.0913. The number of carbonyl (C=O) groups is 2. The van der Waals surface area contributed by atoms with Gasteiger partial charge < -0.3 is 14.5 Å². The molecular weight excluding hydrogens is 414 g/mol. The Kier molecular flexibility index (Phi) is 7.02. The van der Waals surface area contributed by atoms with E-state index in [0.29, 0.717) is 6.54 Å². The summed E-state index contributed by atoms with van der Waals surface area (Å²) < 4.78 is 5.53. The average Bonchev–Trinajstić information content (AvgIpc) is 3.07. The molecule has 2 unspecified atom stereocenters. The van der Waals surface area contributed by atoms with Crippen LogP contribution in [0.2, 0.25) is 0 Å². The van der Waals surface area contributed by atoms with Crippen molar-refractivity contribution in [2.75, 3.05) is 39.8 Å². The maximum absolute atomic E-state index is 13.3. The van der Waals surface area contributed by atoms with E-state index in [2.05, 4.69) is 17.0 Å². The van der Waals surface area contributed by atoms with Crippen LogP contribution in [0.25, 0.3) is 0 Å². The number of ether oxygens (including phenoxy) is 1. The standard InChI is InChI=1S/C27H39N3O3/c1-33-25-8-2-5-21(18-25)27(32)30-14-11-20-17-22(9-10-23(20)19-30)26(31)29-13-4-12-28(15-16-29)24-6-3-7-24/h9-10,17,21,24-25H,2-8,11-16,18-19H2,1H3. The first kappa shape index (κ1) is 22.9. The molecule has 3 fully saturated rings. The molecule has 2 heterocycles. The van der Waals surface area contributed by atoms with E-state index in [9.17, 15) is 9.59 Å². The van der Waals surface area contributed by atoms with Crippen LogP contribution in [0.3, 0.4) is 0 Å². The molecule has 6 heteroatoms. The summed E-state index contributed by atoms with van der Waals surface area (Å²) in [5.74, 6) is 0.538. The minimum absolute atomic E-state index is 0.0913. The normalized spacial score (nSPS) is 26.9. The smallest absolute Gasteiger partial charge is 0.253 e. The number of methoxy groups -OCH3 is 1. The van der Waals surface area contributed by atoms with Crippen LogP contribution in [0.1, 0.15) is 72.9 Å². The van der Waals surface area contributed by atoms with Crippen molar-refractivity contribution < 1.29 is 14.3 Å². The van der Waals surface area contributed by atoms with Crippen LogP contribution in [-0.4, -0.2) is 78.5 Å². The van der Waals surface area contributed by atoms with Crippen LogP contribution < -0.4 is 0 Å². The van der Waals surface area contributed by atoms with Crippen LogP contribution in [-0.2, 0) is 22.5 Å². The highest BCUT2D eigenvalue weighted by atomic mass is 16.5. The fourth-order valence-electron chi connectivity index (χ4n) is 6.16. The second kappa shape index (κ2) is 10.1. The van der Waals surface area contributed by atoms with Gasteiger partial charge in [0.2, 0.25) is 5.91 Å². The van der Waals surface area contributed by atoms with Gasteiger partial charge >= 0.3 is 0 Å². The largest absolute Gasteiger partial charge is 0.381 e. The van der Waals surface area contributed by atoms with E-state index >= 15 is 0 Å². The number of fused-ring (bicyclic) bond motifs is 1. The van der Waals surface area contributed by atoms with E-state index in [1.54, 1.807) is 7.11 Å². The van der Waals surface area contributed by atoms with Gasteiger partial charge in [0.15, 0.2) is 0 Å². The summed E-state index contributed by atoms with van der Waals surface area (Å²) in [6.07, 6.45) is 10.1. The molecule has 1 aromatic carbocycles. The molecule has 2 atom stereocenters. The van der Waals surface area contributed by atoms with Crippen molar-refractivity contribution in [3.8, 4) is 0 Å². The van der Waals surface area contributed by atoms with Gasteiger partial charge in [-0.2, -0.15) is 0 Å². The zero-order valence-electron chi connectivity index (χ0n) is 20.1. The quantitative estimate of drug-likeness (QED) is 0.701. The van der Waals surface area contributed by atoms with Crippen LogP contribution >= 0.6 is 0 Å². The maximum atomic E-state index is 13.3. The third-order valence-electron chi connectivity index (χ3n) is 8.49. The summed E-state index contributed by atoms with van der Waals surface area (Å²) in [5.41, 5.74) is 3.23. The van der Waals surface area contributed by atoms with Crippen molar-refractivity contribution >= 4 is 11.8 Å². The SMILES string of the molecule is COC1CCCC(C(=O)N2CCc3cc(C(=O)N4CCCN(C5CCC5)CC4)ccc3C2)C1. The monoisotopic (exact) mass is 453 g/mol. The Hall–Kier alpha value is -1.92. The molecule has 0 bridgehead atoms. The number of hydrogen-bond acceptors (Lipinski definition) is 4. The van der Waals surface area contributed by atoms with Gasteiger partial charge in [0.1, 0.15) is 0 Å². The molecule has 1 saturated heterocycles. The Balaban J connectivity index is 1.20. The lowest BCUT2D eigenvalue weighted by atomic mass is 9.85. The molecule has 1 aromatic rings. The van der Waals surface area contributed by atoms with E-state index < -0.39 is 0 Å². The topological polar surface area (TPSA) is 53.1 Å². The van der Waals surface area contributed by atoms with Gasteiger partial charge in [-0.15, -0.1) is 0 Å². The van der Waals surface area contributed by atoms with E-state index in [-0.39, 0.29) is 23.8 Å². The first-order valence-corrected chi connectivity index (χ1v) is 13.1. The van der Waals surface area contributed by atoms with Crippen molar-refractivity contribution in [1.82, 2.24) is 14.7 Å². The number of benzene rings is 1. The highest BCUT2D eigenvalue weighted by Gasteiger charge is 2.32. The highest BCUT2D eigenvalue weighted by molar-refractivity contribution is 5.94. The molecule has 0 aromatic heterocycles. The first-order chi connectivity index (χ1) is 16.1. The Morgan fingerprint density at radius 2 is 1.73 bits per heavy atom. The predicted octanol–water partition coefficient (Wildman–Crippen LogP) is 3.48. The van der Waals surface area contributed by atoms with Crippen molar-refractivity contribution in [2.45, 2.75) is 76.5 Å². The highest BCUT2D eigenvalue weighted by Crippen LogP contribution is 2.30. The molecule has 2 aliphatic heterocycles. The fourth-order valence-corrected chi connectivity index (χ4v) is 6.16. The van der Waals surface area contributed by atoms with Crippen molar-refractivity contribution in [2.24, 2.45) is 5.92 Å². The maximum Gasteiger partial charge on any atom is 0.253 e.